The second kappa shape index (κ2) is 8.11. The zero-order valence-corrected chi connectivity index (χ0v) is 17.4. The molecule has 1 aliphatic rings. The van der Waals surface area contributed by atoms with Crippen LogP contribution in [0.4, 0.5) is 10.5 Å². The van der Waals surface area contributed by atoms with Gasteiger partial charge in [-0.25, -0.2) is 9.78 Å². The topological polar surface area (TPSA) is 50.2 Å². The van der Waals surface area contributed by atoms with E-state index < -0.39 is 0 Å². The number of piperidine rings is 1. The van der Waals surface area contributed by atoms with Crippen molar-refractivity contribution in [2.45, 2.75) is 39.7 Å². The Morgan fingerprint density at radius 1 is 1.00 bits per heavy atom. The van der Waals surface area contributed by atoms with Gasteiger partial charge in [0.2, 0.25) is 0 Å². The number of nitrogens with zero attached hydrogens (tertiary/aromatic N) is 3. The van der Waals surface area contributed by atoms with E-state index in [0.717, 1.165) is 43.0 Å². The van der Waals surface area contributed by atoms with Crippen molar-refractivity contribution in [1.29, 1.82) is 0 Å². The maximum absolute atomic E-state index is 12.7. The maximum Gasteiger partial charge on any atom is 0.321 e. The Morgan fingerprint density at radius 3 is 2.41 bits per heavy atom. The molecule has 1 N–H and O–H groups in total. The molecule has 3 aromatic rings. The number of amides is 2. The first-order valence-electron chi connectivity index (χ1n) is 10.3. The van der Waals surface area contributed by atoms with E-state index in [1.807, 2.05) is 47.5 Å². The van der Waals surface area contributed by atoms with E-state index in [1.165, 1.54) is 16.8 Å². The number of carbonyl (C=O) groups is 1. The van der Waals surface area contributed by atoms with Crippen LogP contribution < -0.4 is 5.32 Å². The highest BCUT2D eigenvalue weighted by Crippen LogP contribution is 2.30. The molecule has 1 fully saturated rings. The van der Waals surface area contributed by atoms with Gasteiger partial charge in [0, 0.05) is 42.3 Å². The molecule has 0 bridgehead atoms. The quantitative estimate of drug-likeness (QED) is 0.658. The molecular formula is C24H28N4O. The van der Waals surface area contributed by atoms with Crippen molar-refractivity contribution in [3.8, 4) is 11.4 Å². The van der Waals surface area contributed by atoms with Crippen LogP contribution in [-0.4, -0.2) is 33.6 Å². The van der Waals surface area contributed by atoms with Gasteiger partial charge in [0.05, 0.1) is 0 Å². The second-order valence-corrected chi connectivity index (χ2v) is 7.91. The summed E-state index contributed by atoms with van der Waals surface area (Å²) in [7, 11) is 0. The Bertz CT molecular complexity index is 1000. The number of benzene rings is 2. The van der Waals surface area contributed by atoms with Crippen LogP contribution in [0.1, 0.15) is 35.7 Å². The van der Waals surface area contributed by atoms with Crippen LogP contribution in [0.3, 0.4) is 0 Å². The minimum atomic E-state index is -0.0164. The third kappa shape index (κ3) is 4.04. The average Bonchev–Trinajstić information content (AvgIpc) is 3.13. The van der Waals surface area contributed by atoms with Gasteiger partial charge in [-0.3, -0.25) is 0 Å². The number of rotatable bonds is 3. The summed E-state index contributed by atoms with van der Waals surface area (Å²) in [5.74, 6) is 1.01. The largest absolute Gasteiger partial charge is 0.325 e. The summed E-state index contributed by atoms with van der Waals surface area (Å²) >= 11 is 0. The van der Waals surface area contributed by atoms with Crippen molar-refractivity contribution in [2.75, 3.05) is 18.4 Å². The van der Waals surface area contributed by atoms with E-state index in [-0.39, 0.29) is 6.03 Å². The normalized spacial score (nSPS) is 14.8. The Hall–Kier alpha value is -3.08. The smallest absolute Gasteiger partial charge is 0.321 e. The fourth-order valence-electron chi connectivity index (χ4n) is 4.06. The molecule has 5 heteroatoms. The van der Waals surface area contributed by atoms with Gasteiger partial charge in [-0.2, -0.15) is 0 Å². The lowest BCUT2D eigenvalue weighted by molar-refractivity contribution is 0.183. The maximum atomic E-state index is 12.7. The minimum absolute atomic E-state index is 0.0164. The van der Waals surface area contributed by atoms with Crippen molar-refractivity contribution in [3.05, 3.63) is 71.5 Å². The number of likely N-dealkylation sites (tertiary alicyclic amines) is 1. The lowest BCUT2D eigenvalue weighted by Crippen LogP contribution is -2.41. The number of imidazole rings is 1. The third-order valence-electron chi connectivity index (χ3n) is 5.89. The van der Waals surface area contributed by atoms with Crippen LogP contribution in [0.25, 0.3) is 11.4 Å². The van der Waals surface area contributed by atoms with Gasteiger partial charge in [-0.05, 0) is 56.9 Å². The number of hydrogen-bond acceptors (Lipinski definition) is 2. The van der Waals surface area contributed by atoms with Gasteiger partial charge >= 0.3 is 6.03 Å². The molecule has 0 aliphatic carbocycles. The number of hydrogen-bond donors (Lipinski definition) is 1. The first-order chi connectivity index (χ1) is 14.0. The Kier molecular flexibility index (Phi) is 5.38. The molecule has 1 aromatic heterocycles. The summed E-state index contributed by atoms with van der Waals surface area (Å²) in [5, 5.41) is 3.05. The average molecular weight is 389 g/mol. The SMILES string of the molecule is Cc1ccc(NC(=O)N2CCC(n3c(C)cnc3-c3ccccc3)CC2)cc1C. The van der Waals surface area contributed by atoms with Crippen LogP contribution >= 0.6 is 0 Å². The molecule has 29 heavy (non-hydrogen) atoms. The van der Waals surface area contributed by atoms with E-state index >= 15 is 0 Å². The molecule has 0 atom stereocenters. The van der Waals surface area contributed by atoms with E-state index in [9.17, 15) is 4.79 Å². The molecular weight excluding hydrogens is 360 g/mol. The number of urea groups is 1. The molecule has 0 spiro atoms. The molecule has 4 rings (SSSR count). The highest BCUT2D eigenvalue weighted by molar-refractivity contribution is 5.89. The van der Waals surface area contributed by atoms with E-state index in [0.29, 0.717) is 6.04 Å². The third-order valence-corrected chi connectivity index (χ3v) is 5.89. The minimum Gasteiger partial charge on any atom is -0.325 e. The van der Waals surface area contributed by atoms with Crippen molar-refractivity contribution >= 4 is 11.7 Å². The number of carbonyl (C=O) groups excluding carboxylic acids is 1. The summed E-state index contributed by atoms with van der Waals surface area (Å²) in [4.78, 5) is 19.3. The van der Waals surface area contributed by atoms with Crippen LogP contribution in [0.2, 0.25) is 0 Å². The number of aromatic nitrogens is 2. The van der Waals surface area contributed by atoms with Gasteiger partial charge in [0.25, 0.3) is 0 Å². The Morgan fingerprint density at radius 2 is 1.72 bits per heavy atom. The molecule has 2 amide bonds. The summed E-state index contributed by atoms with van der Waals surface area (Å²) in [6.45, 7) is 7.74. The van der Waals surface area contributed by atoms with Crippen LogP contribution in [0.5, 0.6) is 0 Å². The number of anilines is 1. The number of aryl methyl sites for hydroxylation is 3. The molecule has 2 aromatic carbocycles. The van der Waals surface area contributed by atoms with Crippen molar-refractivity contribution in [2.24, 2.45) is 0 Å². The highest BCUT2D eigenvalue weighted by Gasteiger charge is 2.26. The summed E-state index contributed by atoms with van der Waals surface area (Å²) < 4.78 is 2.34. The number of nitrogens with one attached hydrogen (secondary N) is 1. The van der Waals surface area contributed by atoms with Crippen LogP contribution in [0.15, 0.2) is 54.7 Å². The zero-order valence-electron chi connectivity index (χ0n) is 17.4. The molecule has 0 saturated carbocycles. The fourth-order valence-corrected chi connectivity index (χ4v) is 4.06. The van der Waals surface area contributed by atoms with Crippen LogP contribution in [0, 0.1) is 20.8 Å². The highest BCUT2D eigenvalue weighted by atomic mass is 16.2. The van der Waals surface area contributed by atoms with Gasteiger partial charge in [-0.1, -0.05) is 36.4 Å². The van der Waals surface area contributed by atoms with E-state index in [4.69, 9.17) is 0 Å². The molecule has 2 heterocycles. The molecule has 5 nitrogen and oxygen atoms in total. The van der Waals surface area contributed by atoms with Crippen molar-refractivity contribution < 1.29 is 4.79 Å². The van der Waals surface area contributed by atoms with Gasteiger partial charge < -0.3 is 14.8 Å². The standard InChI is InChI=1S/C24H28N4O/c1-17-9-10-21(15-18(17)2)26-24(29)27-13-11-22(12-14-27)28-19(3)16-25-23(28)20-7-5-4-6-8-20/h4-10,15-16,22H,11-14H2,1-3H3,(H,26,29). The zero-order chi connectivity index (χ0) is 20.4. The molecule has 1 aliphatic heterocycles. The first kappa shape index (κ1) is 19.2. The second-order valence-electron chi connectivity index (χ2n) is 7.91. The van der Waals surface area contributed by atoms with Crippen molar-refractivity contribution in [3.63, 3.8) is 0 Å². The summed E-state index contributed by atoms with van der Waals surface area (Å²) in [6.07, 6.45) is 3.80. The van der Waals surface area contributed by atoms with Gasteiger partial charge in [-0.15, -0.1) is 0 Å². The predicted octanol–water partition coefficient (Wildman–Crippen LogP) is 5.34. The fraction of sp³-hybridized carbons (Fsp3) is 0.333. The van der Waals surface area contributed by atoms with Gasteiger partial charge in [0.1, 0.15) is 5.82 Å². The molecule has 0 radical (unpaired) electrons. The monoisotopic (exact) mass is 388 g/mol. The van der Waals surface area contributed by atoms with E-state index in [1.54, 1.807) is 0 Å². The van der Waals surface area contributed by atoms with E-state index in [2.05, 4.69) is 47.8 Å². The van der Waals surface area contributed by atoms with Gasteiger partial charge in [0.15, 0.2) is 0 Å². The Labute approximate surface area is 172 Å². The molecule has 0 unspecified atom stereocenters. The van der Waals surface area contributed by atoms with Crippen molar-refractivity contribution in [1.82, 2.24) is 14.5 Å². The summed E-state index contributed by atoms with van der Waals surface area (Å²) in [5.41, 5.74) is 5.58. The lowest BCUT2D eigenvalue weighted by Gasteiger charge is -2.34. The first-order valence-corrected chi connectivity index (χ1v) is 10.3. The molecule has 150 valence electrons. The Balaban J connectivity index is 1.43. The molecule has 1 saturated heterocycles. The predicted molar refractivity (Wildman–Crippen MR) is 117 cm³/mol. The summed E-state index contributed by atoms with van der Waals surface area (Å²) in [6, 6.07) is 16.7. The van der Waals surface area contributed by atoms with Crippen LogP contribution in [-0.2, 0) is 0 Å². The lowest BCUT2D eigenvalue weighted by atomic mass is 10.0.